The van der Waals surface area contributed by atoms with Crippen molar-refractivity contribution in [1.29, 1.82) is 0 Å². The highest BCUT2D eigenvalue weighted by Crippen LogP contribution is 2.36. The van der Waals surface area contributed by atoms with Crippen LogP contribution >= 0.6 is 0 Å². The molecule has 126 valence electrons. The van der Waals surface area contributed by atoms with Gasteiger partial charge in [0.1, 0.15) is 6.61 Å². The van der Waals surface area contributed by atoms with Gasteiger partial charge >= 0.3 is 12.0 Å². The quantitative estimate of drug-likeness (QED) is 0.406. The van der Waals surface area contributed by atoms with E-state index in [-0.39, 0.29) is 25.2 Å². The molecule has 0 aromatic rings. The standard InChI is InChI=1S/C15H27N3O4/c1-6-12(19)22-8-7-16-13(20)17-11-9-14(2,3)18(21)15(4,5)10-11/h6,11,21H,1,7-10H2,2-5H3,(H2,16,17,20). The number of nitrogens with one attached hydrogen (secondary N) is 2. The molecule has 7 heteroatoms. The van der Waals surface area contributed by atoms with Crippen molar-refractivity contribution in [3.05, 3.63) is 12.7 Å². The molecule has 0 aliphatic carbocycles. The normalized spacial score (nSPS) is 21.0. The van der Waals surface area contributed by atoms with Crippen LogP contribution in [-0.4, -0.2) is 52.5 Å². The summed E-state index contributed by atoms with van der Waals surface area (Å²) in [5.41, 5.74) is -0.835. The van der Waals surface area contributed by atoms with Gasteiger partial charge in [0.05, 0.1) is 6.54 Å². The van der Waals surface area contributed by atoms with E-state index in [1.807, 2.05) is 27.7 Å². The van der Waals surface area contributed by atoms with Gasteiger partial charge in [0.25, 0.3) is 0 Å². The van der Waals surface area contributed by atoms with Gasteiger partial charge < -0.3 is 20.6 Å². The van der Waals surface area contributed by atoms with Crippen molar-refractivity contribution >= 4 is 12.0 Å². The summed E-state index contributed by atoms with van der Waals surface area (Å²) in [5.74, 6) is -0.513. The van der Waals surface area contributed by atoms with Gasteiger partial charge in [0, 0.05) is 23.2 Å². The van der Waals surface area contributed by atoms with Crippen molar-refractivity contribution in [3.63, 3.8) is 0 Å². The molecule has 22 heavy (non-hydrogen) atoms. The Hall–Kier alpha value is -1.60. The third-order valence-electron chi connectivity index (χ3n) is 3.77. The van der Waals surface area contributed by atoms with Crippen molar-refractivity contribution in [3.8, 4) is 0 Å². The van der Waals surface area contributed by atoms with Gasteiger partial charge in [-0.1, -0.05) is 6.58 Å². The number of carbonyl (C=O) groups is 2. The van der Waals surface area contributed by atoms with Crippen molar-refractivity contribution in [2.24, 2.45) is 0 Å². The van der Waals surface area contributed by atoms with E-state index in [2.05, 4.69) is 17.2 Å². The molecule has 0 saturated carbocycles. The molecule has 7 nitrogen and oxygen atoms in total. The summed E-state index contributed by atoms with van der Waals surface area (Å²) < 4.78 is 4.77. The Bertz CT molecular complexity index is 417. The number of ether oxygens (including phenoxy) is 1. The Kier molecular flexibility index (Phi) is 5.96. The van der Waals surface area contributed by atoms with Gasteiger partial charge in [-0.2, -0.15) is 5.06 Å². The first-order valence-electron chi connectivity index (χ1n) is 7.41. The Balaban J connectivity index is 2.41. The molecular weight excluding hydrogens is 286 g/mol. The second-order valence-corrected chi connectivity index (χ2v) is 6.81. The van der Waals surface area contributed by atoms with Crippen LogP contribution in [-0.2, 0) is 9.53 Å². The van der Waals surface area contributed by atoms with Gasteiger partial charge in [-0.3, -0.25) is 0 Å². The van der Waals surface area contributed by atoms with E-state index in [1.54, 1.807) is 0 Å². The number of amides is 2. The summed E-state index contributed by atoms with van der Waals surface area (Å²) in [5, 5.41) is 17.1. The van der Waals surface area contributed by atoms with Crippen LogP contribution in [0.3, 0.4) is 0 Å². The predicted molar refractivity (Wildman–Crippen MR) is 82.5 cm³/mol. The predicted octanol–water partition coefficient (Wildman–Crippen LogP) is 1.43. The molecule has 1 saturated heterocycles. The van der Waals surface area contributed by atoms with Crippen molar-refractivity contribution in [1.82, 2.24) is 15.7 Å². The molecule has 0 unspecified atom stereocenters. The topological polar surface area (TPSA) is 90.9 Å². The number of esters is 1. The highest BCUT2D eigenvalue weighted by molar-refractivity contribution is 5.81. The molecule has 3 N–H and O–H groups in total. The molecule has 1 rings (SSSR count). The maximum atomic E-state index is 11.9. The van der Waals surface area contributed by atoms with Gasteiger partial charge in [-0.05, 0) is 40.5 Å². The molecular formula is C15H27N3O4. The molecule has 0 aromatic carbocycles. The van der Waals surface area contributed by atoms with Crippen LogP contribution in [0.5, 0.6) is 0 Å². The lowest BCUT2D eigenvalue weighted by molar-refractivity contribution is -0.245. The average molecular weight is 313 g/mol. The number of hydrogen-bond acceptors (Lipinski definition) is 5. The van der Waals surface area contributed by atoms with E-state index in [0.29, 0.717) is 12.8 Å². The molecule has 0 radical (unpaired) electrons. The molecule has 1 fully saturated rings. The lowest BCUT2D eigenvalue weighted by Gasteiger charge is -2.51. The van der Waals surface area contributed by atoms with Crippen LogP contribution in [0.1, 0.15) is 40.5 Å². The summed E-state index contributed by atoms with van der Waals surface area (Å²) in [7, 11) is 0. The average Bonchev–Trinajstić information content (AvgIpc) is 2.40. The smallest absolute Gasteiger partial charge is 0.330 e. The summed E-state index contributed by atoms with van der Waals surface area (Å²) >= 11 is 0. The number of nitrogens with zero attached hydrogens (tertiary/aromatic N) is 1. The maximum absolute atomic E-state index is 11.9. The number of rotatable bonds is 5. The Morgan fingerprint density at radius 1 is 1.32 bits per heavy atom. The molecule has 1 aliphatic heterocycles. The zero-order valence-corrected chi connectivity index (χ0v) is 13.8. The fourth-order valence-corrected chi connectivity index (χ4v) is 2.98. The minimum absolute atomic E-state index is 0.0378. The summed E-state index contributed by atoms with van der Waals surface area (Å²) in [6.45, 7) is 11.4. The molecule has 1 heterocycles. The summed E-state index contributed by atoms with van der Waals surface area (Å²) in [4.78, 5) is 22.7. The molecule has 2 amide bonds. The van der Waals surface area contributed by atoms with E-state index in [4.69, 9.17) is 4.74 Å². The van der Waals surface area contributed by atoms with Crippen LogP contribution in [0.15, 0.2) is 12.7 Å². The van der Waals surface area contributed by atoms with E-state index in [1.165, 1.54) is 5.06 Å². The van der Waals surface area contributed by atoms with Gasteiger partial charge in [-0.15, -0.1) is 0 Å². The van der Waals surface area contributed by atoms with Crippen LogP contribution < -0.4 is 10.6 Å². The minimum atomic E-state index is -0.513. The van der Waals surface area contributed by atoms with Crippen LogP contribution in [0.4, 0.5) is 4.79 Å². The number of urea groups is 1. The highest BCUT2D eigenvalue weighted by Gasteiger charge is 2.45. The van der Waals surface area contributed by atoms with Crippen molar-refractivity contribution < 1.29 is 19.5 Å². The number of hydroxylamine groups is 2. The molecule has 0 bridgehead atoms. The molecule has 0 atom stereocenters. The molecule has 0 aromatic heterocycles. The fourth-order valence-electron chi connectivity index (χ4n) is 2.98. The van der Waals surface area contributed by atoms with Crippen LogP contribution in [0, 0.1) is 0 Å². The minimum Gasteiger partial charge on any atom is -0.461 e. The summed E-state index contributed by atoms with van der Waals surface area (Å²) in [6.07, 6.45) is 2.37. The van der Waals surface area contributed by atoms with Crippen LogP contribution in [0.2, 0.25) is 0 Å². The number of carbonyl (C=O) groups excluding carboxylic acids is 2. The Morgan fingerprint density at radius 3 is 2.36 bits per heavy atom. The van der Waals surface area contributed by atoms with E-state index < -0.39 is 17.0 Å². The van der Waals surface area contributed by atoms with E-state index in [9.17, 15) is 14.8 Å². The lowest BCUT2D eigenvalue weighted by Crippen LogP contribution is -2.63. The second-order valence-electron chi connectivity index (χ2n) is 6.81. The third-order valence-corrected chi connectivity index (χ3v) is 3.77. The monoisotopic (exact) mass is 313 g/mol. The summed E-state index contributed by atoms with van der Waals surface area (Å²) in [6, 6.07) is -0.346. The largest absolute Gasteiger partial charge is 0.461 e. The first-order valence-corrected chi connectivity index (χ1v) is 7.41. The first kappa shape index (κ1) is 18.4. The van der Waals surface area contributed by atoms with Crippen LogP contribution in [0.25, 0.3) is 0 Å². The Labute approximate surface area is 131 Å². The third kappa shape index (κ3) is 4.99. The zero-order valence-electron chi connectivity index (χ0n) is 13.8. The SMILES string of the molecule is C=CC(=O)OCCNC(=O)NC1CC(C)(C)N(O)C(C)(C)C1. The van der Waals surface area contributed by atoms with Gasteiger partial charge in [0.15, 0.2) is 0 Å². The Morgan fingerprint density at radius 2 is 1.86 bits per heavy atom. The van der Waals surface area contributed by atoms with E-state index >= 15 is 0 Å². The molecule has 1 aliphatic rings. The fraction of sp³-hybridized carbons (Fsp3) is 0.733. The second kappa shape index (κ2) is 7.11. The lowest BCUT2D eigenvalue weighted by atomic mass is 9.79. The maximum Gasteiger partial charge on any atom is 0.330 e. The van der Waals surface area contributed by atoms with E-state index in [0.717, 1.165) is 6.08 Å². The number of piperidine rings is 1. The highest BCUT2D eigenvalue weighted by atomic mass is 16.5. The zero-order chi connectivity index (χ0) is 17.0. The van der Waals surface area contributed by atoms with Crippen molar-refractivity contribution in [2.45, 2.75) is 57.7 Å². The van der Waals surface area contributed by atoms with Gasteiger partial charge in [0.2, 0.25) is 0 Å². The van der Waals surface area contributed by atoms with Crippen molar-refractivity contribution in [2.75, 3.05) is 13.2 Å². The number of hydrogen-bond donors (Lipinski definition) is 3. The van der Waals surface area contributed by atoms with Gasteiger partial charge in [-0.25, -0.2) is 9.59 Å². The first-order chi connectivity index (χ1) is 10.1. The molecule has 0 spiro atoms.